The Morgan fingerprint density at radius 2 is 2.23 bits per heavy atom. The summed E-state index contributed by atoms with van der Waals surface area (Å²) >= 11 is 6.13. The van der Waals surface area contributed by atoms with Crippen LogP contribution in [0.15, 0.2) is 24.3 Å². The van der Waals surface area contributed by atoms with E-state index >= 15 is 0 Å². The van der Waals surface area contributed by atoms with Gasteiger partial charge in [0.05, 0.1) is 19.1 Å². The molecular weight excluding hydrogens is 306 g/mol. The molecule has 2 rings (SSSR count). The number of carbonyl (C=O) groups excluding carboxylic acids is 2. The molecule has 1 unspecified atom stereocenters. The molecule has 0 saturated carbocycles. The Labute approximate surface area is 134 Å². The molecule has 1 aromatic rings. The van der Waals surface area contributed by atoms with Crippen LogP contribution in [0.2, 0.25) is 5.02 Å². The SMILES string of the molecule is O=C(CC1NCCN(Cc2ccccc2Cl)C1=O)NCCO. The summed E-state index contributed by atoms with van der Waals surface area (Å²) in [6.07, 6.45) is 0.0673. The molecular formula is C15H20ClN3O3. The zero-order valence-corrected chi connectivity index (χ0v) is 13.0. The minimum Gasteiger partial charge on any atom is -0.395 e. The van der Waals surface area contributed by atoms with E-state index in [4.69, 9.17) is 16.7 Å². The van der Waals surface area contributed by atoms with Crippen LogP contribution < -0.4 is 10.6 Å². The number of carbonyl (C=O) groups is 2. The number of hydrogen-bond acceptors (Lipinski definition) is 4. The molecule has 1 heterocycles. The number of hydrogen-bond donors (Lipinski definition) is 3. The van der Waals surface area contributed by atoms with Gasteiger partial charge >= 0.3 is 0 Å². The van der Waals surface area contributed by atoms with Crippen molar-refractivity contribution in [3.63, 3.8) is 0 Å². The van der Waals surface area contributed by atoms with Gasteiger partial charge in [0, 0.05) is 31.2 Å². The Morgan fingerprint density at radius 3 is 2.95 bits per heavy atom. The van der Waals surface area contributed by atoms with Crippen LogP contribution in [-0.2, 0) is 16.1 Å². The largest absolute Gasteiger partial charge is 0.395 e. The molecule has 1 aromatic carbocycles. The number of rotatable bonds is 6. The highest BCUT2D eigenvalue weighted by Crippen LogP contribution is 2.18. The van der Waals surface area contributed by atoms with E-state index in [2.05, 4.69) is 10.6 Å². The minimum atomic E-state index is -0.532. The molecule has 1 saturated heterocycles. The number of halogens is 1. The van der Waals surface area contributed by atoms with E-state index in [1.165, 1.54) is 0 Å². The lowest BCUT2D eigenvalue weighted by molar-refractivity contribution is -0.138. The third-order valence-corrected chi connectivity index (χ3v) is 3.89. The first-order valence-corrected chi connectivity index (χ1v) is 7.62. The molecule has 1 fully saturated rings. The van der Waals surface area contributed by atoms with Crippen molar-refractivity contribution in [1.82, 2.24) is 15.5 Å². The molecule has 7 heteroatoms. The van der Waals surface area contributed by atoms with Crippen LogP contribution in [0.25, 0.3) is 0 Å². The van der Waals surface area contributed by atoms with Crippen LogP contribution >= 0.6 is 11.6 Å². The Kier molecular flexibility index (Phi) is 6.18. The van der Waals surface area contributed by atoms with Gasteiger partial charge in [-0.3, -0.25) is 9.59 Å². The first-order chi connectivity index (χ1) is 10.6. The third kappa shape index (κ3) is 4.43. The van der Waals surface area contributed by atoms with Crippen molar-refractivity contribution < 1.29 is 14.7 Å². The second-order valence-electron chi connectivity index (χ2n) is 5.14. The van der Waals surface area contributed by atoms with Gasteiger partial charge in [0.2, 0.25) is 11.8 Å². The number of piperazine rings is 1. The molecule has 1 atom stereocenters. The van der Waals surface area contributed by atoms with Crippen molar-refractivity contribution in [2.75, 3.05) is 26.2 Å². The van der Waals surface area contributed by atoms with Gasteiger partial charge < -0.3 is 20.6 Å². The van der Waals surface area contributed by atoms with Gasteiger partial charge in [0.25, 0.3) is 0 Å². The summed E-state index contributed by atoms with van der Waals surface area (Å²) in [6.45, 7) is 1.74. The Hall–Kier alpha value is -1.63. The maximum Gasteiger partial charge on any atom is 0.240 e. The van der Waals surface area contributed by atoms with E-state index in [1.807, 2.05) is 18.2 Å². The van der Waals surface area contributed by atoms with E-state index in [1.54, 1.807) is 11.0 Å². The predicted octanol–water partition coefficient (Wildman–Crippen LogP) is 0.139. The summed E-state index contributed by atoms with van der Waals surface area (Å²) in [4.78, 5) is 25.8. The summed E-state index contributed by atoms with van der Waals surface area (Å²) in [7, 11) is 0. The summed E-state index contributed by atoms with van der Waals surface area (Å²) in [5.74, 6) is -0.357. The summed E-state index contributed by atoms with van der Waals surface area (Å²) in [5, 5.41) is 14.9. The highest BCUT2D eigenvalue weighted by atomic mass is 35.5. The van der Waals surface area contributed by atoms with Crippen LogP contribution in [-0.4, -0.2) is 54.1 Å². The van der Waals surface area contributed by atoms with Crippen molar-refractivity contribution in [3.05, 3.63) is 34.9 Å². The zero-order valence-electron chi connectivity index (χ0n) is 12.2. The molecule has 6 nitrogen and oxygen atoms in total. The fraction of sp³-hybridized carbons (Fsp3) is 0.467. The van der Waals surface area contributed by atoms with Crippen LogP contribution in [0.3, 0.4) is 0 Å². The fourth-order valence-corrected chi connectivity index (χ4v) is 2.59. The summed E-state index contributed by atoms with van der Waals surface area (Å²) < 4.78 is 0. The minimum absolute atomic E-state index is 0.0673. The van der Waals surface area contributed by atoms with Gasteiger partial charge in [-0.05, 0) is 11.6 Å². The van der Waals surface area contributed by atoms with E-state index < -0.39 is 6.04 Å². The Morgan fingerprint density at radius 1 is 1.45 bits per heavy atom. The zero-order chi connectivity index (χ0) is 15.9. The van der Waals surface area contributed by atoms with Crippen molar-refractivity contribution in [2.45, 2.75) is 19.0 Å². The van der Waals surface area contributed by atoms with Crippen molar-refractivity contribution >= 4 is 23.4 Å². The van der Waals surface area contributed by atoms with Gasteiger partial charge in [-0.2, -0.15) is 0 Å². The first kappa shape index (κ1) is 16.7. The predicted molar refractivity (Wildman–Crippen MR) is 83.4 cm³/mol. The molecule has 0 aliphatic carbocycles. The van der Waals surface area contributed by atoms with Crippen LogP contribution in [0.1, 0.15) is 12.0 Å². The first-order valence-electron chi connectivity index (χ1n) is 7.25. The quantitative estimate of drug-likeness (QED) is 0.695. The third-order valence-electron chi connectivity index (χ3n) is 3.52. The van der Waals surface area contributed by atoms with Crippen LogP contribution in [0.5, 0.6) is 0 Å². The summed E-state index contributed by atoms with van der Waals surface area (Å²) in [6, 6.07) is 6.88. The van der Waals surface area contributed by atoms with Crippen LogP contribution in [0.4, 0.5) is 0 Å². The highest BCUT2D eigenvalue weighted by molar-refractivity contribution is 6.31. The van der Waals surface area contributed by atoms with Gasteiger partial charge in [-0.25, -0.2) is 0 Å². The maximum absolute atomic E-state index is 12.4. The molecule has 0 bridgehead atoms. The lowest BCUT2D eigenvalue weighted by atomic mass is 10.1. The van der Waals surface area contributed by atoms with E-state index in [-0.39, 0.29) is 31.4 Å². The fourth-order valence-electron chi connectivity index (χ4n) is 2.39. The Bertz CT molecular complexity index is 539. The second kappa shape index (κ2) is 8.12. The summed E-state index contributed by atoms with van der Waals surface area (Å²) in [5.41, 5.74) is 0.892. The lowest BCUT2D eigenvalue weighted by Gasteiger charge is -2.33. The molecule has 120 valence electrons. The average Bonchev–Trinajstić information content (AvgIpc) is 2.51. The number of nitrogens with one attached hydrogen (secondary N) is 2. The van der Waals surface area contributed by atoms with Crippen molar-refractivity contribution in [2.24, 2.45) is 0 Å². The van der Waals surface area contributed by atoms with Gasteiger partial charge in [-0.15, -0.1) is 0 Å². The number of nitrogens with zero attached hydrogens (tertiary/aromatic N) is 1. The monoisotopic (exact) mass is 325 g/mol. The molecule has 1 aliphatic rings. The number of amides is 2. The molecule has 1 aliphatic heterocycles. The lowest BCUT2D eigenvalue weighted by Crippen LogP contribution is -2.55. The van der Waals surface area contributed by atoms with E-state index in [9.17, 15) is 9.59 Å². The number of aliphatic hydroxyl groups is 1. The molecule has 0 aromatic heterocycles. The van der Waals surface area contributed by atoms with Gasteiger partial charge in [0.1, 0.15) is 0 Å². The van der Waals surface area contributed by atoms with Crippen LogP contribution in [0, 0.1) is 0 Å². The van der Waals surface area contributed by atoms with E-state index in [0.717, 1.165) is 5.56 Å². The molecule has 2 amide bonds. The van der Waals surface area contributed by atoms with Gasteiger partial charge in [0.15, 0.2) is 0 Å². The number of benzene rings is 1. The highest BCUT2D eigenvalue weighted by Gasteiger charge is 2.30. The van der Waals surface area contributed by atoms with Crippen molar-refractivity contribution in [1.29, 1.82) is 0 Å². The molecule has 3 N–H and O–H groups in total. The second-order valence-corrected chi connectivity index (χ2v) is 5.54. The smallest absolute Gasteiger partial charge is 0.240 e. The average molecular weight is 326 g/mol. The maximum atomic E-state index is 12.4. The van der Waals surface area contributed by atoms with Crippen molar-refractivity contribution in [3.8, 4) is 0 Å². The Balaban J connectivity index is 1.95. The molecule has 22 heavy (non-hydrogen) atoms. The molecule has 0 radical (unpaired) electrons. The normalized spacial score (nSPS) is 18.4. The number of aliphatic hydroxyl groups excluding tert-OH is 1. The molecule has 0 spiro atoms. The van der Waals surface area contributed by atoms with Gasteiger partial charge in [-0.1, -0.05) is 29.8 Å². The topological polar surface area (TPSA) is 81.7 Å². The van der Waals surface area contributed by atoms with E-state index in [0.29, 0.717) is 24.7 Å². The standard InChI is InChI=1S/C15H20ClN3O3/c16-12-4-2-1-3-11(12)10-19-7-5-17-13(15(19)22)9-14(21)18-6-8-20/h1-4,13,17,20H,5-10H2,(H,18,21).